The van der Waals surface area contributed by atoms with Crippen LogP contribution in [0.2, 0.25) is 5.02 Å². The zero-order chi connectivity index (χ0) is 21.0. The lowest BCUT2D eigenvalue weighted by molar-refractivity contribution is 0.129. The highest BCUT2D eigenvalue weighted by atomic mass is 35.5. The monoisotopic (exact) mass is 442 g/mol. The van der Waals surface area contributed by atoms with Gasteiger partial charge in [-0.15, -0.1) is 0 Å². The number of ether oxygens (including phenoxy) is 1. The molecule has 0 aromatic heterocycles. The molecular weight excluding hydrogens is 419 g/mol. The minimum Gasteiger partial charge on any atom is -0.457 e. The van der Waals surface area contributed by atoms with Gasteiger partial charge in [-0.25, -0.2) is 17.9 Å². The summed E-state index contributed by atoms with van der Waals surface area (Å²) in [5.74, 6) is 0.275. The van der Waals surface area contributed by atoms with E-state index < -0.39 is 15.8 Å². The van der Waals surface area contributed by atoms with Gasteiger partial charge in [-0.2, -0.15) is 0 Å². The molecule has 1 heterocycles. The molecule has 0 bridgehead atoms. The van der Waals surface area contributed by atoms with E-state index in [1.54, 1.807) is 6.07 Å². The summed E-state index contributed by atoms with van der Waals surface area (Å²) in [6.45, 7) is 5.38. The minimum atomic E-state index is -3.85. The molecule has 10 heteroatoms. The molecule has 2 aromatic carbocycles. The first kappa shape index (κ1) is 21.9. The van der Waals surface area contributed by atoms with E-state index in [0.29, 0.717) is 30.2 Å². The molecule has 0 aliphatic carbocycles. The van der Waals surface area contributed by atoms with Crippen LogP contribution in [0.1, 0.15) is 5.56 Å². The van der Waals surface area contributed by atoms with E-state index in [-0.39, 0.29) is 9.92 Å². The first-order chi connectivity index (χ1) is 13.8. The standard InChI is InChI=1S/C19H24ClFN4O3S/c20-17-12-15(1-3-18(17)21)28-19-4-2-16(29(23,26)27)11-14(19)13-25-9-7-24(6-5-22)8-10-25/h1-4,11-12H,5-10,13,22H2,(H2,23,26,27). The third-order valence-electron chi connectivity index (χ3n) is 4.78. The summed E-state index contributed by atoms with van der Waals surface area (Å²) in [6, 6.07) is 8.51. The quantitative estimate of drug-likeness (QED) is 0.680. The van der Waals surface area contributed by atoms with E-state index in [0.717, 1.165) is 32.7 Å². The molecule has 1 aliphatic heterocycles. The largest absolute Gasteiger partial charge is 0.457 e. The average Bonchev–Trinajstić information content (AvgIpc) is 2.67. The number of hydrogen-bond acceptors (Lipinski definition) is 6. The Morgan fingerprint density at radius 1 is 1.07 bits per heavy atom. The fourth-order valence-electron chi connectivity index (χ4n) is 3.22. The highest BCUT2D eigenvalue weighted by Gasteiger charge is 2.20. The van der Waals surface area contributed by atoms with Crippen LogP contribution in [0.3, 0.4) is 0 Å². The van der Waals surface area contributed by atoms with E-state index in [1.807, 2.05) is 0 Å². The number of hydrogen-bond donors (Lipinski definition) is 2. The van der Waals surface area contributed by atoms with Gasteiger partial charge in [-0.3, -0.25) is 9.80 Å². The molecule has 3 rings (SSSR count). The van der Waals surface area contributed by atoms with Gasteiger partial charge in [0.2, 0.25) is 10.0 Å². The summed E-state index contributed by atoms with van der Waals surface area (Å²) in [6.07, 6.45) is 0. The van der Waals surface area contributed by atoms with Gasteiger partial charge in [0.05, 0.1) is 9.92 Å². The zero-order valence-electron chi connectivity index (χ0n) is 15.9. The molecule has 0 amide bonds. The second-order valence-electron chi connectivity index (χ2n) is 6.90. The smallest absolute Gasteiger partial charge is 0.238 e. The Morgan fingerprint density at radius 3 is 2.38 bits per heavy atom. The second kappa shape index (κ2) is 9.38. The van der Waals surface area contributed by atoms with E-state index in [2.05, 4.69) is 9.80 Å². The third-order valence-corrected chi connectivity index (χ3v) is 5.98. The van der Waals surface area contributed by atoms with Crippen LogP contribution in [0.25, 0.3) is 0 Å². The van der Waals surface area contributed by atoms with Crippen molar-refractivity contribution in [2.24, 2.45) is 10.9 Å². The topological polar surface area (TPSA) is 102 Å². The van der Waals surface area contributed by atoms with Gasteiger partial charge in [0, 0.05) is 57.4 Å². The van der Waals surface area contributed by atoms with Crippen molar-refractivity contribution in [2.75, 3.05) is 39.3 Å². The Hall–Kier alpha value is -1.75. The molecule has 0 unspecified atom stereocenters. The van der Waals surface area contributed by atoms with Gasteiger partial charge in [0.15, 0.2) is 0 Å². The Morgan fingerprint density at radius 2 is 1.76 bits per heavy atom. The van der Waals surface area contributed by atoms with Crippen molar-refractivity contribution >= 4 is 21.6 Å². The Bertz CT molecular complexity index is 966. The number of benzene rings is 2. The van der Waals surface area contributed by atoms with Crippen molar-refractivity contribution in [3.8, 4) is 11.5 Å². The van der Waals surface area contributed by atoms with Gasteiger partial charge in [0.25, 0.3) is 0 Å². The molecule has 1 aliphatic rings. The van der Waals surface area contributed by atoms with Crippen molar-refractivity contribution in [3.05, 3.63) is 52.8 Å². The molecular formula is C19H24ClFN4O3S. The lowest BCUT2D eigenvalue weighted by atomic mass is 10.1. The van der Waals surface area contributed by atoms with Gasteiger partial charge in [-0.05, 0) is 30.3 Å². The summed E-state index contributed by atoms with van der Waals surface area (Å²) in [4.78, 5) is 4.51. The number of halogens is 2. The minimum absolute atomic E-state index is 0.0127. The lowest BCUT2D eigenvalue weighted by Gasteiger charge is -2.34. The summed E-state index contributed by atoms with van der Waals surface area (Å²) in [7, 11) is -3.85. The molecule has 158 valence electrons. The van der Waals surface area contributed by atoms with E-state index in [4.69, 9.17) is 27.2 Å². The van der Waals surface area contributed by atoms with Crippen molar-refractivity contribution in [1.82, 2.24) is 9.80 Å². The van der Waals surface area contributed by atoms with E-state index in [1.165, 1.54) is 30.3 Å². The van der Waals surface area contributed by atoms with Gasteiger partial charge < -0.3 is 10.5 Å². The Kier molecular flexibility index (Phi) is 7.10. The molecule has 1 fully saturated rings. The Labute approximate surface area is 175 Å². The predicted molar refractivity (Wildman–Crippen MR) is 110 cm³/mol. The van der Waals surface area contributed by atoms with Crippen LogP contribution in [0.15, 0.2) is 41.3 Å². The number of sulfonamides is 1. The highest BCUT2D eigenvalue weighted by molar-refractivity contribution is 7.89. The Balaban J connectivity index is 1.83. The van der Waals surface area contributed by atoms with Gasteiger partial charge >= 0.3 is 0 Å². The maximum absolute atomic E-state index is 13.4. The molecule has 0 atom stereocenters. The van der Waals surface area contributed by atoms with Gasteiger partial charge in [0.1, 0.15) is 17.3 Å². The molecule has 1 saturated heterocycles. The van der Waals surface area contributed by atoms with E-state index >= 15 is 0 Å². The zero-order valence-corrected chi connectivity index (χ0v) is 17.4. The number of nitrogens with two attached hydrogens (primary N) is 2. The summed E-state index contributed by atoms with van der Waals surface area (Å²) in [5.41, 5.74) is 6.29. The predicted octanol–water partition coefficient (Wildman–Crippen LogP) is 2.00. The highest BCUT2D eigenvalue weighted by Crippen LogP contribution is 2.31. The first-order valence-corrected chi connectivity index (χ1v) is 11.1. The fraction of sp³-hybridized carbons (Fsp3) is 0.368. The van der Waals surface area contributed by atoms with Crippen LogP contribution in [0.5, 0.6) is 11.5 Å². The molecule has 7 nitrogen and oxygen atoms in total. The fourth-order valence-corrected chi connectivity index (χ4v) is 3.95. The van der Waals surface area contributed by atoms with Gasteiger partial charge in [-0.1, -0.05) is 11.6 Å². The SMILES string of the molecule is NCCN1CCN(Cc2cc(S(N)(=O)=O)ccc2Oc2ccc(F)c(Cl)c2)CC1. The number of piperazine rings is 1. The van der Waals surface area contributed by atoms with Crippen molar-refractivity contribution in [1.29, 1.82) is 0 Å². The van der Waals surface area contributed by atoms with Crippen molar-refractivity contribution in [2.45, 2.75) is 11.4 Å². The average molecular weight is 443 g/mol. The molecule has 2 aromatic rings. The van der Waals surface area contributed by atoms with Crippen LogP contribution in [0.4, 0.5) is 4.39 Å². The molecule has 4 N–H and O–H groups in total. The van der Waals surface area contributed by atoms with Crippen LogP contribution >= 0.6 is 11.6 Å². The van der Waals surface area contributed by atoms with Crippen LogP contribution < -0.4 is 15.6 Å². The number of primary sulfonamides is 1. The van der Waals surface area contributed by atoms with Crippen LogP contribution in [-0.4, -0.2) is 57.5 Å². The normalized spacial score (nSPS) is 16.1. The van der Waals surface area contributed by atoms with E-state index in [9.17, 15) is 12.8 Å². The van der Waals surface area contributed by atoms with Crippen molar-refractivity contribution in [3.63, 3.8) is 0 Å². The molecule has 0 spiro atoms. The molecule has 0 saturated carbocycles. The summed E-state index contributed by atoms with van der Waals surface area (Å²) >= 11 is 5.83. The lowest BCUT2D eigenvalue weighted by Crippen LogP contribution is -2.47. The molecule has 0 radical (unpaired) electrons. The first-order valence-electron chi connectivity index (χ1n) is 9.19. The number of rotatable bonds is 7. The molecule has 29 heavy (non-hydrogen) atoms. The summed E-state index contributed by atoms with van der Waals surface area (Å²) in [5, 5.41) is 5.24. The third kappa shape index (κ3) is 5.88. The van der Waals surface area contributed by atoms with Crippen molar-refractivity contribution < 1.29 is 17.5 Å². The number of nitrogens with zero attached hydrogens (tertiary/aromatic N) is 2. The second-order valence-corrected chi connectivity index (χ2v) is 8.87. The van der Waals surface area contributed by atoms with Crippen LogP contribution in [-0.2, 0) is 16.6 Å². The maximum atomic E-state index is 13.4. The maximum Gasteiger partial charge on any atom is 0.238 e. The summed E-state index contributed by atoms with van der Waals surface area (Å²) < 4.78 is 42.9. The van der Waals surface area contributed by atoms with Crippen LogP contribution in [0, 0.1) is 5.82 Å².